The number of rotatable bonds is 1. The van der Waals surface area contributed by atoms with Crippen molar-refractivity contribution in [1.82, 2.24) is 0 Å². The summed E-state index contributed by atoms with van der Waals surface area (Å²) < 4.78 is 0.394. The van der Waals surface area contributed by atoms with Crippen molar-refractivity contribution in [3.05, 3.63) is 33.9 Å². The summed E-state index contributed by atoms with van der Waals surface area (Å²) in [6.45, 7) is 11.4. The summed E-state index contributed by atoms with van der Waals surface area (Å²) in [4.78, 5) is 0. The third kappa shape index (κ3) is 1.61. The van der Waals surface area contributed by atoms with Gasteiger partial charge in [-0.2, -0.15) is 11.8 Å². The van der Waals surface area contributed by atoms with Crippen molar-refractivity contribution in [2.75, 3.05) is 5.75 Å². The lowest BCUT2D eigenvalue weighted by molar-refractivity contribution is 0.616. The van der Waals surface area contributed by atoms with Gasteiger partial charge in [-0.1, -0.05) is 6.07 Å². The Bertz CT molecular complexity index is 374. The molecule has 0 aromatic heterocycles. The number of hydrogen-bond donors (Lipinski definition) is 0. The molecule has 0 nitrogen and oxygen atoms in total. The van der Waals surface area contributed by atoms with Crippen LogP contribution in [-0.2, 0) is 4.75 Å². The molecule has 0 saturated carbocycles. The normalized spacial score (nSPS) is 25.1. The third-order valence-corrected chi connectivity index (χ3v) is 5.35. The van der Waals surface area contributed by atoms with E-state index in [4.69, 9.17) is 0 Å². The molecule has 1 fully saturated rings. The lowest BCUT2D eigenvalue weighted by Crippen LogP contribution is -2.30. The van der Waals surface area contributed by atoms with E-state index in [-0.39, 0.29) is 0 Å². The molecule has 1 saturated heterocycles. The highest BCUT2D eigenvalue weighted by molar-refractivity contribution is 8.01. The predicted molar refractivity (Wildman–Crippen MR) is 69.8 cm³/mol. The van der Waals surface area contributed by atoms with Gasteiger partial charge < -0.3 is 0 Å². The molecule has 82 valence electrons. The smallest absolute Gasteiger partial charge is 0.0393 e. The average Bonchev–Trinajstić information content (AvgIpc) is 2.12. The minimum absolute atomic E-state index is 0.394. The molecule has 1 atom stereocenters. The quantitative estimate of drug-likeness (QED) is 0.681. The summed E-state index contributed by atoms with van der Waals surface area (Å²) in [5, 5.41) is 0. The first-order valence-corrected chi connectivity index (χ1v) is 6.66. The van der Waals surface area contributed by atoms with E-state index in [2.05, 4.69) is 52.4 Å². The number of hydrogen-bond acceptors (Lipinski definition) is 1. The lowest BCUT2D eigenvalue weighted by atomic mass is 9.84. The van der Waals surface area contributed by atoms with Gasteiger partial charge in [-0.05, 0) is 74.6 Å². The monoisotopic (exact) mass is 220 g/mol. The molecule has 2 rings (SSSR count). The zero-order chi connectivity index (χ0) is 11.2. The van der Waals surface area contributed by atoms with Crippen molar-refractivity contribution in [1.29, 1.82) is 0 Å². The van der Waals surface area contributed by atoms with E-state index in [1.54, 1.807) is 5.56 Å². The highest BCUT2D eigenvalue weighted by Crippen LogP contribution is 2.51. The summed E-state index contributed by atoms with van der Waals surface area (Å²) in [5.41, 5.74) is 7.51. The van der Waals surface area contributed by atoms with Gasteiger partial charge in [0.05, 0.1) is 0 Å². The third-order valence-electron chi connectivity index (χ3n) is 3.89. The molecule has 1 heterocycles. The van der Waals surface area contributed by atoms with Gasteiger partial charge >= 0.3 is 0 Å². The van der Waals surface area contributed by atoms with Crippen molar-refractivity contribution in [2.24, 2.45) is 0 Å². The largest absolute Gasteiger partial charge is 0.151 e. The Morgan fingerprint density at radius 1 is 1.07 bits per heavy atom. The first-order valence-electron chi connectivity index (χ1n) is 5.67. The molecule has 0 aliphatic carbocycles. The molecule has 15 heavy (non-hydrogen) atoms. The van der Waals surface area contributed by atoms with E-state index < -0.39 is 0 Å². The Balaban J connectivity index is 2.63. The zero-order valence-corrected chi connectivity index (χ0v) is 11.2. The molecule has 0 N–H and O–H groups in total. The van der Waals surface area contributed by atoms with E-state index in [9.17, 15) is 0 Å². The number of thioether (sulfide) groups is 1. The SMILES string of the molecule is Cc1cc(C)c(C)c(C2(C)CCS2)c1C. The van der Waals surface area contributed by atoms with Gasteiger partial charge in [-0.25, -0.2) is 0 Å². The topological polar surface area (TPSA) is 0 Å². The molecule has 1 aliphatic heterocycles. The molecule has 0 spiro atoms. The molecule has 0 amide bonds. The van der Waals surface area contributed by atoms with Crippen LogP contribution in [0.3, 0.4) is 0 Å². The van der Waals surface area contributed by atoms with Gasteiger partial charge in [-0.15, -0.1) is 0 Å². The van der Waals surface area contributed by atoms with Crippen LogP contribution in [0.25, 0.3) is 0 Å². The van der Waals surface area contributed by atoms with Crippen LogP contribution < -0.4 is 0 Å². The van der Waals surface area contributed by atoms with Crippen LogP contribution in [0.1, 0.15) is 41.2 Å². The van der Waals surface area contributed by atoms with Crippen molar-refractivity contribution >= 4 is 11.8 Å². The molecule has 1 aliphatic rings. The van der Waals surface area contributed by atoms with Gasteiger partial charge in [-0.3, -0.25) is 0 Å². The number of aryl methyl sites for hydroxylation is 2. The first kappa shape index (κ1) is 11.1. The summed E-state index contributed by atoms with van der Waals surface area (Å²) in [6.07, 6.45) is 1.34. The molecule has 1 heteroatoms. The highest BCUT2D eigenvalue weighted by Gasteiger charge is 2.37. The fourth-order valence-corrected chi connectivity index (χ4v) is 3.88. The van der Waals surface area contributed by atoms with E-state index >= 15 is 0 Å². The van der Waals surface area contributed by atoms with E-state index in [0.717, 1.165) is 0 Å². The van der Waals surface area contributed by atoms with E-state index in [0.29, 0.717) is 4.75 Å². The molecule has 0 radical (unpaired) electrons. The Morgan fingerprint density at radius 2 is 1.53 bits per heavy atom. The van der Waals surface area contributed by atoms with Gasteiger partial charge in [0.2, 0.25) is 0 Å². The summed E-state index contributed by atoms with van der Waals surface area (Å²) in [5.74, 6) is 1.32. The molecular formula is C14H20S. The standard InChI is InChI=1S/C14H20S/c1-9-8-10(2)12(4)13(11(9)3)14(5)6-7-15-14/h8H,6-7H2,1-5H3. The van der Waals surface area contributed by atoms with Crippen LogP contribution in [0.15, 0.2) is 6.07 Å². The van der Waals surface area contributed by atoms with Crippen LogP contribution in [-0.4, -0.2) is 5.75 Å². The second kappa shape index (κ2) is 3.55. The van der Waals surface area contributed by atoms with Gasteiger partial charge in [0.25, 0.3) is 0 Å². The average molecular weight is 220 g/mol. The highest BCUT2D eigenvalue weighted by atomic mass is 32.2. The van der Waals surface area contributed by atoms with Crippen molar-refractivity contribution < 1.29 is 0 Å². The van der Waals surface area contributed by atoms with Crippen LogP contribution in [0, 0.1) is 27.7 Å². The zero-order valence-electron chi connectivity index (χ0n) is 10.4. The maximum Gasteiger partial charge on any atom is 0.0393 e. The fourth-order valence-electron chi connectivity index (χ4n) is 2.62. The molecular weight excluding hydrogens is 200 g/mol. The second-order valence-corrected chi connectivity index (χ2v) is 6.56. The Hall–Kier alpha value is -0.430. The minimum Gasteiger partial charge on any atom is -0.151 e. The Labute approximate surface area is 97.5 Å². The summed E-state index contributed by atoms with van der Waals surface area (Å²) >= 11 is 2.11. The Kier molecular flexibility index (Phi) is 2.62. The van der Waals surface area contributed by atoms with E-state index in [1.807, 2.05) is 0 Å². The second-order valence-electron chi connectivity index (χ2n) is 4.96. The molecule has 1 aromatic rings. The van der Waals surface area contributed by atoms with Crippen LogP contribution in [0.5, 0.6) is 0 Å². The van der Waals surface area contributed by atoms with Gasteiger partial charge in [0.1, 0.15) is 0 Å². The first-order chi connectivity index (χ1) is 6.96. The summed E-state index contributed by atoms with van der Waals surface area (Å²) in [6, 6.07) is 2.32. The van der Waals surface area contributed by atoms with Crippen molar-refractivity contribution in [3.63, 3.8) is 0 Å². The molecule has 1 aromatic carbocycles. The van der Waals surface area contributed by atoms with Crippen LogP contribution in [0.2, 0.25) is 0 Å². The van der Waals surface area contributed by atoms with Crippen molar-refractivity contribution in [3.8, 4) is 0 Å². The van der Waals surface area contributed by atoms with Crippen LogP contribution >= 0.6 is 11.8 Å². The maximum atomic E-state index is 2.40. The predicted octanol–water partition coefficient (Wildman–Crippen LogP) is 4.27. The molecule has 1 unspecified atom stereocenters. The maximum absolute atomic E-state index is 2.40. The molecule has 0 bridgehead atoms. The van der Waals surface area contributed by atoms with Crippen LogP contribution in [0.4, 0.5) is 0 Å². The fraction of sp³-hybridized carbons (Fsp3) is 0.571. The van der Waals surface area contributed by atoms with Crippen molar-refractivity contribution in [2.45, 2.75) is 45.8 Å². The van der Waals surface area contributed by atoms with Gasteiger partial charge in [0.15, 0.2) is 0 Å². The lowest BCUT2D eigenvalue weighted by Gasteiger charge is -2.41. The number of benzene rings is 1. The van der Waals surface area contributed by atoms with E-state index in [1.165, 1.54) is 34.4 Å². The minimum atomic E-state index is 0.394. The Morgan fingerprint density at radius 3 is 1.87 bits per heavy atom. The summed E-state index contributed by atoms with van der Waals surface area (Å²) in [7, 11) is 0. The van der Waals surface area contributed by atoms with Gasteiger partial charge in [0, 0.05) is 4.75 Å².